The average Bonchev–Trinajstić information content (AvgIpc) is 4.32. The van der Waals surface area contributed by atoms with Gasteiger partial charge < -0.3 is 28.9 Å². The molecule has 12 nitrogen and oxygen atoms in total. The Morgan fingerprint density at radius 2 is 0.553 bits per heavy atom. The molecule has 0 radical (unpaired) electrons. The van der Waals surface area contributed by atoms with E-state index < -0.39 is 23.9 Å². The molecule has 9 rings (SSSR count). The predicted octanol–water partition coefficient (Wildman–Crippen LogP) is 14.8. The number of esters is 4. The number of H-pyrrole nitrogens is 2. The van der Waals surface area contributed by atoms with Gasteiger partial charge in [-0.15, -0.1) is 0 Å². The van der Waals surface area contributed by atoms with Gasteiger partial charge in [0.1, 0.15) is 23.0 Å². The van der Waals surface area contributed by atoms with Crippen LogP contribution in [0.2, 0.25) is 0 Å². The molecule has 4 aromatic carbocycles. The van der Waals surface area contributed by atoms with Crippen molar-refractivity contribution in [2.45, 2.75) is 53.4 Å². The Morgan fingerprint density at radius 1 is 0.342 bits per heavy atom. The molecular weight excluding hydrogens is 953 g/mol. The van der Waals surface area contributed by atoms with Crippen LogP contribution in [0.1, 0.15) is 76.2 Å². The lowest BCUT2D eigenvalue weighted by Crippen LogP contribution is -2.03. The van der Waals surface area contributed by atoms with Crippen LogP contribution in [0.4, 0.5) is 0 Å². The molecular formula is C64H54N4O8. The van der Waals surface area contributed by atoms with Crippen molar-refractivity contribution in [1.29, 1.82) is 0 Å². The summed E-state index contributed by atoms with van der Waals surface area (Å²) < 4.78 is 22.5. The summed E-state index contributed by atoms with van der Waals surface area (Å²) in [6.45, 7) is 7.78. The second-order valence-corrected chi connectivity index (χ2v) is 17.5. The number of nitrogens with zero attached hydrogens (tertiary/aromatic N) is 2. The maximum atomic E-state index is 12.6. The van der Waals surface area contributed by atoms with Crippen LogP contribution in [0.15, 0.2) is 170 Å². The smallest absolute Gasteiger partial charge is 0.335 e. The molecule has 0 aliphatic carbocycles. The number of allylic oxidation sites excluding steroid dienone is 4. The van der Waals surface area contributed by atoms with Gasteiger partial charge in [0, 0.05) is 68.6 Å². The van der Waals surface area contributed by atoms with Gasteiger partial charge in [-0.1, -0.05) is 101 Å². The molecule has 0 fully saturated rings. The molecule has 0 unspecified atom stereocenters. The van der Waals surface area contributed by atoms with Crippen molar-refractivity contribution in [3.8, 4) is 67.5 Å². The second-order valence-electron chi connectivity index (χ2n) is 17.5. The third-order valence-corrected chi connectivity index (χ3v) is 12.2. The Morgan fingerprint density at radius 3 is 0.750 bits per heavy atom. The van der Waals surface area contributed by atoms with Crippen molar-refractivity contribution in [2.75, 3.05) is 0 Å². The molecule has 12 heteroatoms. The van der Waals surface area contributed by atoms with E-state index in [1.165, 1.54) is 24.3 Å². The minimum Gasteiger partial charge on any atom is -0.423 e. The standard InChI is InChI=1S/C64H54N4O8/c1-5-9-13-57(69)73-45-25-17-41(18-26-45)61-49-33-35-51(65-49)62(42-19-27-46(28-20-42)74-58(70)14-10-6-2)53-37-39-55(67-53)64(44-23-31-48(32-24-44)76-60(72)16-12-8-4)56-40-38-54(68-56)63(52-36-34-50(61)66-52)43-21-29-47(30-22-43)75-59(71)15-11-7-3/h9-40,65,68H,5-8H2,1-4H3. The second kappa shape index (κ2) is 23.9. The number of hydrogen-bond acceptors (Lipinski definition) is 10. The van der Waals surface area contributed by atoms with Crippen LogP contribution in [0, 0.1) is 0 Å². The molecule has 0 atom stereocenters. The van der Waals surface area contributed by atoms with Crippen LogP contribution in [0.5, 0.6) is 23.0 Å². The van der Waals surface area contributed by atoms with E-state index in [1.54, 1.807) is 72.8 Å². The number of carbonyl (C=O) groups is 4. The molecule has 0 saturated heterocycles. The van der Waals surface area contributed by atoms with Gasteiger partial charge in [0.25, 0.3) is 0 Å². The quantitative estimate of drug-likeness (QED) is 0.0541. The Labute approximate surface area is 440 Å². The Balaban J connectivity index is 1.31. The van der Waals surface area contributed by atoms with Crippen molar-refractivity contribution in [3.63, 3.8) is 0 Å². The molecule has 5 heterocycles. The zero-order valence-corrected chi connectivity index (χ0v) is 42.5. The van der Waals surface area contributed by atoms with Crippen LogP contribution in [-0.4, -0.2) is 43.8 Å². The maximum Gasteiger partial charge on any atom is 0.335 e. The van der Waals surface area contributed by atoms with Crippen LogP contribution in [-0.2, 0) is 19.2 Å². The summed E-state index contributed by atoms with van der Waals surface area (Å²) in [6, 6.07) is 37.3. The lowest BCUT2D eigenvalue weighted by molar-refractivity contribution is -0.129. The molecule has 378 valence electrons. The summed E-state index contributed by atoms with van der Waals surface area (Å²) in [5, 5.41) is 0. The predicted molar refractivity (Wildman–Crippen MR) is 301 cm³/mol. The zero-order chi connectivity index (χ0) is 53.0. The summed E-state index contributed by atoms with van der Waals surface area (Å²) in [5.74, 6) is -0.311. The van der Waals surface area contributed by atoms with Crippen molar-refractivity contribution in [3.05, 3.63) is 193 Å². The number of benzene rings is 4. The lowest BCUT2D eigenvalue weighted by Gasteiger charge is -2.09. The van der Waals surface area contributed by atoms with Crippen molar-refractivity contribution in [2.24, 2.45) is 0 Å². The summed E-state index contributed by atoms with van der Waals surface area (Å²) in [5.41, 5.74) is 11.8. The van der Waals surface area contributed by atoms with E-state index in [9.17, 15) is 19.2 Å². The van der Waals surface area contributed by atoms with Crippen LogP contribution in [0.3, 0.4) is 0 Å². The van der Waals surface area contributed by atoms with E-state index in [0.29, 0.717) is 71.5 Å². The van der Waals surface area contributed by atoms with Gasteiger partial charge in [0.15, 0.2) is 0 Å². The number of nitrogens with one attached hydrogen (secondary N) is 2. The van der Waals surface area contributed by atoms with Gasteiger partial charge in [-0.2, -0.15) is 0 Å². The third kappa shape index (κ3) is 12.0. The summed E-state index contributed by atoms with van der Waals surface area (Å²) in [6.07, 6.45) is 23.4. The zero-order valence-electron chi connectivity index (χ0n) is 42.5. The highest BCUT2D eigenvalue weighted by Crippen LogP contribution is 2.39. The first-order valence-electron chi connectivity index (χ1n) is 25.2. The first kappa shape index (κ1) is 51.2. The summed E-state index contributed by atoms with van der Waals surface area (Å²) >= 11 is 0. The Hall–Kier alpha value is -9.68. The SMILES string of the molecule is CCC=CC(=O)Oc1ccc(-c2c3nc(c(-c4ccc(OC(=O)C=CCC)cc4)c4ccc([nH]4)c(-c4ccc(OC(=O)C=CCC)cc4)c4nc(c(-c5ccc(OC(=O)C=CCC)cc5)c5ccc2[nH]5)C=C4)C=C3)cc1. The molecule has 76 heavy (non-hydrogen) atoms. The average molecular weight is 1010 g/mol. The maximum absolute atomic E-state index is 12.6. The molecule has 2 aliphatic heterocycles. The molecule has 2 aliphatic rings. The Bertz CT molecular complexity index is 3210. The molecule has 3 aromatic heterocycles. The van der Waals surface area contributed by atoms with Gasteiger partial charge in [0.05, 0.1) is 22.8 Å². The minimum absolute atomic E-state index is 0.389. The van der Waals surface area contributed by atoms with Gasteiger partial charge in [-0.3, -0.25) is 0 Å². The number of fused-ring (bicyclic) bond motifs is 8. The number of aromatic amines is 2. The topological polar surface area (TPSA) is 163 Å². The lowest BCUT2D eigenvalue weighted by atomic mass is 10.0. The van der Waals surface area contributed by atoms with Crippen molar-refractivity contribution >= 4 is 70.2 Å². The fourth-order valence-electron chi connectivity index (χ4n) is 8.64. The highest BCUT2D eigenvalue weighted by Gasteiger charge is 2.20. The third-order valence-electron chi connectivity index (χ3n) is 12.2. The molecule has 7 aromatic rings. The van der Waals surface area contributed by atoms with Gasteiger partial charge in [-0.25, -0.2) is 29.1 Å². The largest absolute Gasteiger partial charge is 0.423 e. The van der Waals surface area contributed by atoms with E-state index in [2.05, 4.69) is 9.97 Å². The highest BCUT2D eigenvalue weighted by atomic mass is 16.5. The molecule has 2 N–H and O–H groups in total. The summed E-state index contributed by atoms with van der Waals surface area (Å²) in [4.78, 5) is 68.5. The fourth-order valence-corrected chi connectivity index (χ4v) is 8.64. The molecule has 0 saturated carbocycles. The van der Waals surface area contributed by atoms with E-state index in [0.717, 1.165) is 66.6 Å². The van der Waals surface area contributed by atoms with E-state index in [-0.39, 0.29) is 0 Å². The number of aromatic nitrogens is 4. The van der Waals surface area contributed by atoms with E-state index in [4.69, 9.17) is 28.9 Å². The minimum atomic E-state index is -0.466. The van der Waals surface area contributed by atoms with Gasteiger partial charge in [-0.05, 0) is 145 Å². The number of ether oxygens (including phenoxy) is 4. The summed E-state index contributed by atoms with van der Waals surface area (Å²) in [7, 11) is 0. The van der Waals surface area contributed by atoms with Crippen LogP contribution < -0.4 is 18.9 Å². The molecule has 0 spiro atoms. The van der Waals surface area contributed by atoms with E-state index in [1.807, 2.05) is 125 Å². The van der Waals surface area contributed by atoms with Gasteiger partial charge >= 0.3 is 23.9 Å². The normalized spacial score (nSPS) is 12.1. The molecule has 0 amide bonds. The number of carbonyl (C=O) groups excluding carboxylic acids is 4. The Kier molecular flexibility index (Phi) is 16.1. The van der Waals surface area contributed by atoms with Gasteiger partial charge in [0.2, 0.25) is 0 Å². The van der Waals surface area contributed by atoms with Crippen molar-refractivity contribution in [1.82, 2.24) is 19.9 Å². The van der Waals surface area contributed by atoms with E-state index >= 15 is 0 Å². The number of rotatable bonds is 16. The first-order chi connectivity index (χ1) is 37.1. The first-order valence-corrected chi connectivity index (χ1v) is 25.2. The highest BCUT2D eigenvalue weighted by molar-refractivity contribution is 6.00. The molecule has 8 bridgehead atoms. The van der Waals surface area contributed by atoms with Crippen LogP contribution in [0.25, 0.3) is 90.9 Å². The van der Waals surface area contributed by atoms with Crippen molar-refractivity contribution < 1.29 is 38.1 Å². The fraction of sp³-hybridized carbons (Fsp3) is 0.125. The monoisotopic (exact) mass is 1010 g/mol. The van der Waals surface area contributed by atoms with Crippen LogP contribution >= 0.6 is 0 Å². The number of hydrogen-bond donors (Lipinski definition) is 2.